The largest absolute Gasteiger partial charge is 0.396 e. The lowest BCUT2D eigenvalue weighted by atomic mass is 10.2. The summed E-state index contributed by atoms with van der Waals surface area (Å²) in [6, 6.07) is 1.44. The second-order valence-corrected chi connectivity index (χ2v) is 3.36. The third-order valence-electron chi connectivity index (χ3n) is 2.07. The third kappa shape index (κ3) is 5.17. The minimum absolute atomic E-state index is 0.146. The van der Waals surface area contributed by atoms with Crippen LogP contribution in [0.25, 0.3) is 0 Å². The van der Waals surface area contributed by atoms with Crippen LogP contribution in [-0.2, 0) is 0 Å². The van der Waals surface area contributed by atoms with Crippen molar-refractivity contribution in [3.8, 4) is 0 Å². The van der Waals surface area contributed by atoms with Crippen LogP contribution in [0.5, 0.6) is 0 Å². The number of aromatic amines is 1. The van der Waals surface area contributed by atoms with E-state index in [-0.39, 0.29) is 12.2 Å². The molecule has 0 atom stereocenters. The molecule has 0 spiro atoms. The maximum absolute atomic E-state index is 10.9. The first-order valence-corrected chi connectivity index (χ1v) is 5.22. The molecule has 3 N–H and O–H groups in total. The Labute approximate surface area is 88.6 Å². The summed E-state index contributed by atoms with van der Waals surface area (Å²) in [4.78, 5) is 17.3. The third-order valence-corrected chi connectivity index (χ3v) is 2.07. The summed E-state index contributed by atoms with van der Waals surface area (Å²) in [7, 11) is 0. The zero-order valence-corrected chi connectivity index (χ0v) is 8.70. The molecule has 5 nitrogen and oxygen atoms in total. The molecular formula is C10H17N3O2. The van der Waals surface area contributed by atoms with Gasteiger partial charge in [-0.2, -0.15) is 0 Å². The number of rotatable bonds is 7. The normalized spacial score (nSPS) is 10.2. The number of aliphatic hydroxyl groups is 1. The Hall–Kier alpha value is -1.36. The van der Waals surface area contributed by atoms with Crippen LogP contribution in [0.4, 0.5) is 5.82 Å². The van der Waals surface area contributed by atoms with Crippen molar-refractivity contribution >= 4 is 5.82 Å². The zero-order chi connectivity index (χ0) is 10.9. The first kappa shape index (κ1) is 11.7. The van der Waals surface area contributed by atoms with E-state index in [1.54, 1.807) is 0 Å². The van der Waals surface area contributed by atoms with Gasteiger partial charge in [0.15, 0.2) is 0 Å². The monoisotopic (exact) mass is 211 g/mol. The van der Waals surface area contributed by atoms with E-state index < -0.39 is 0 Å². The number of nitrogens with one attached hydrogen (secondary N) is 2. The summed E-state index contributed by atoms with van der Waals surface area (Å²) >= 11 is 0. The van der Waals surface area contributed by atoms with Gasteiger partial charge in [0.2, 0.25) is 0 Å². The van der Waals surface area contributed by atoms with Gasteiger partial charge in [-0.3, -0.25) is 4.79 Å². The van der Waals surface area contributed by atoms with E-state index in [9.17, 15) is 4.79 Å². The van der Waals surface area contributed by atoms with Crippen LogP contribution in [0, 0.1) is 0 Å². The lowest BCUT2D eigenvalue weighted by molar-refractivity contribution is 0.283. The Balaban J connectivity index is 2.12. The molecule has 1 heterocycles. The molecule has 1 aromatic rings. The van der Waals surface area contributed by atoms with Crippen molar-refractivity contribution in [1.29, 1.82) is 0 Å². The quantitative estimate of drug-likeness (QED) is 0.581. The van der Waals surface area contributed by atoms with Gasteiger partial charge in [-0.15, -0.1) is 0 Å². The van der Waals surface area contributed by atoms with Crippen LogP contribution >= 0.6 is 0 Å². The topological polar surface area (TPSA) is 78.0 Å². The number of unbranched alkanes of at least 4 members (excludes halogenated alkanes) is 3. The fourth-order valence-corrected chi connectivity index (χ4v) is 1.27. The molecule has 0 amide bonds. The van der Waals surface area contributed by atoms with Gasteiger partial charge < -0.3 is 15.4 Å². The molecule has 84 valence electrons. The van der Waals surface area contributed by atoms with Gasteiger partial charge in [0, 0.05) is 19.2 Å². The lowest BCUT2D eigenvalue weighted by Crippen LogP contribution is -2.09. The van der Waals surface area contributed by atoms with Crippen molar-refractivity contribution in [3.63, 3.8) is 0 Å². The van der Waals surface area contributed by atoms with E-state index in [2.05, 4.69) is 15.3 Å². The zero-order valence-electron chi connectivity index (χ0n) is 8.70. The second kappa shape index (κ2) is 7.00. The molecular weight excluding hydrogens is 194 g/mol. The van der Waals surface area contributed by atoms with Crippen LogP contribution < -0.4 is 10.9 Å². The highest BCUT2D eigenvalue weighted by molar-refractivity contribution is 5.31. The first-order valence-electron chi connectivity index (χ1n) is 5.22. The smallest absolute Gasteiger partial charge is 0.252 e. The molecule has 0 bridgehead atoms. The average molecular weight is 211 g/mol. The van der Waals surface area contributed by atoms with Crippen LogP contribution in [0.1, 0.15) is 25.7 Å². The van der Waals surface area contributed by atoms with Crippen molar-refractivity contribution in [1.82, 2.24) is 9.97 Å². The van der Waals surface area contributed by atoms with Crippen molar-refractivity contribution in [2.75, 3.05) is 18.5 Å². The van der Waals surface area contributed by atoms with E-state index in [0.717, 1.165) is 32.2 Å². The molecule has 0 radical (unpaired) electrons. The van der Waals surface area contributed by atoms with Crippen LogP contribution in [0.3, 0.4) is 0 Å². The molecule has 0 aliphatic rings. The summed E-state index contributed by atoms with van der Waals surface area (Å²) in [6.45, 7) is 1.07. The number of hydrogen-bond donors (Lipinski definition) is 3. The summed E-state index contributed by atoms with van der Waals surface area (Å²) in [5.41, 5.74) is -0.146. The maximum Gasteiger partial charge on any atom is 0.252 e. The highest BCUT2D eigenvalue weighted by atomic mass is 16.2. The summed E-state index contributed by atoms with van der Waals surface area (Å²) in [6.07, 6.45) is 5.39. The van der Waals surface area contributed by atoms with Crippen LogP contribution in [-0.4, -0.2) is 28.2 Å². The standard InChI is InChI=1S/C10H17N3O2/c14-6-4-2-1-3-5-11-9-7-10(15)13-8-12-9/h7-8,14H,1-6H2,(H2,11,12,13,15). The molecule has 0 aliphatic heterocycles. The Bertz CT molecular complexity index is 324. The summed E-state index contributed by atoms with van der Waals surface area (Å²) < 4.78 is 0. The van der Waals surface area contributed by atoms with E-state index in [4.69, 9.17) is 5.11 Å². The predicted molar refractivity (Wildman–Crippen MR) is 58.9 cm³/mol. The molecule has 0 aliphatic carbocycles. The molecule has 0 aromatic carbocycles. The summed E-state index contributed by atoms with van der Waals surface area (Å²) in [5, 5.41) is 11.6. The van der Waals surface area contributed by atoms with E-state index in [1.807, 2.05) is 0 Å². The highest BCUT2D eigenvalue weighted by Crippen LogP contribution is 2.00. The van der Waals surface area contributed by atoms with Gasteiger partial charge in [0.05, 0.1) is 6.33 Å². The van der Waals surface area contributed by atoms with E-state index >= 15 is 0 Å². The predicted octanol–water partition coefficient (Wildman–Crippen LogP) is 0.734. The molecule has 0 saturated carbocycles. The molecule has 15 heavy (non-hydrogen) atoms. The van der Waals surface area contributed by atoms with Gasteiger partial charge >= 0.3 is 0 Å². The number of anilines is 1. The minimum Gasteiger partial charge on any atom is -0.396 e. The minimum atomic E-state index is -0.146. The number of aromatic nitrogens is 2. The lowest BCUT2D eigenvalue weighted by Gasteiger charge is -2.03. The molecule has 0 fully saturated rings. The first-order chi connectivity index (χ1) is 7.33. The maximum atomic E-state index is 10.9. The summed E-state index contributed by atoms with van der Waals surface area (Å²) in [5.74, 6) is 0.612. The van der Waals surface area contributed by atoms with Crippen molar-refractivity contribution in [2.24, 2.45) is 0 Å². The SMILES string of the molecule is O=c1cc(NCCCCCCO)nc[nH]1. The molecule has 1 aromatic heterocycles. The van der Waals surface area contributed by atoms with Crippen LogP contribution in [0.2, 0.25) is 0 Å². The van der Waals surface area contributed by atoms with Crippen molar-refractivity contribution < 1.29 is 5.11 Å². The van der Waals surface area contributed by atoms with Crippen LogP contribution in [0.15, 0.2) is 17.2 Å². The Morgan fingerprint density at radius 2 is 2.13 bits per heavy atom. The van der Waals surface area contributed by atoms with Gasteiger partial charge in [0.25, 0.3) is 5.56 Å². The Morgan fingerprint density at radius 3 is 2.87 bits per heavy atom. The number of nitrogens with zero attached hydrogens (tertiary/aromatic N) is 1. The molecule has 5 heteroatoms. The fraction of sp³-hybridized carbons (Fsp3) is 0.600. The second-order valence-electron chi connectivity index (χ2n) is 3.36. The number of H-pyrrole nitrogens is 1. The molecule has 0 unspecified atom stereocenters. The number of hydrogen-bond acceptors (Lipinski definition) is 4. The van der Waals surface area contributed by atoms with Crippen molar-refractivity contribution in [3.05, 3.63) is 22.7 Å². The fourth-order valence-electron chi connectivity index (χ4n) is 1.27. The van der Waals surface area contributed by atoms with Gasteiger partial charge in [-0.25, -0.2) is 4.98 Å². The Kier molecular flexibility index (Phi) is 5.47. The van der Waals surface area contributed by atoms with E-state index in [1.165, 1.54) is 12.4 Å². The van der Waals surface area contributed by atoms with Gasteiger partial charge in [-0.1, -0.05) is 12.8 Å². The molecule has 1 rings (SSSR count). The number of aliphatic hydroxyl groups excluding tert-OH is 1. The van der Waals surface area contributed by atoms with Gasteiger partial charge in [-0.05, 0) is 12.8 Å². The average Bonchev–Trinajstić information content (AvgIpc) is 2.23. The molecule has 0 saturated heterocycles. The highest BCUT2D eigenvalue weighted by Gasteiger charge is 1.93. The Morgan fingerprint density at radius 1 is 1.33 bits per heavy atom. The van der Waals surface area contributed by atoms with Gasteiger partial charge in [0.1, 0.15) is 5.82 Å². The van der Waals surface area contributed by atoms with E-state index in [0.29, 0.717) is 5.82 Å². The van der Waals surface area contributed by atoms with Crippen molar-refractivity contribution in [2.45, 2.75) is 25.7 Å².